The highest BCUT2D eigenvalue weighted by atomic mass is 32.2. The molecule has 0 atom stereocenters. The summed E-state index contributed by atoms with van der Waals surface area (Å²) in [4.78, 5) is 2.63. The molecular weight excluding hydrogens is 228 g/mol. The molecular formula is C14H24N2S. The fourth-order valence-corrected chi connectivity index (χ4v) is 3.77. The number of hydrogen-bond acceptors (Lipinski definition) is 3. The summed E-state index contributed by atoms with van der Waals surface area (Å²) in [5.74, 6) is 4.73. The van der Waals surface area contributed by atoms with Crippen molar-refractivity contribution in [1.29, 1.82) is 0 Å². The Labute approximate surface area is 110 Å². The van der Waals surface area contributed by atoms with Gasteiger partial charge in [0.25, 0.3) is 0 Å². The van der Waals surface area contributed by atoms with E-state index in [0.29, 0.717) is 5.54 Å². The third kappa shape index (κ3) is 3.91. The zero-order valence-corrected chi connectivity index (χ0v) is 11.5. The van der Waals surface area contributed by atoms with Crippen LogP contribution in [0.25, 0.3) is 0 Å². The van der Waals surface area contributed by atoms with Crippen molar-refractivity contribution in [3.63, 3.8) is 0 Å². The van der Waals surface area contributed by atoms with Crippen LogP contribution in [-0.4, -0.2) is 48.1 Å². The lowest BCUT2D eigenvalue weighted by Gasteiger charge is -2.46. The molecule has 1 saturated carbocycles. The van der Waals surface area contributed by atoms with Gasteiger partial charge in [-0.3, -0.25) is 4.90 Å². The standard InChI is InChI=1S/C14H24N2S/c1-2-11-17-12-10-16-9-8-15-14(13-16)6-4-3-5-7-14/h1,15H,3-13H2. The first-order chi connectivity index (χ1) is 8.35. The predicted molar refractivity (Wildman–Crippen MR) is 76.4 cm³/mol. The van der Waals surface area contributed by atoms with Crippen LogP contribution in [0.3, 0.4) is 0 Å². The maximum Gasteiger partial charge on any atom is 0.0545 e. The van der Waals surface area contributed by atoms with E-state index >= 15 is 0 Å². The maximum absolute atomic E-state index is 5.27. The van der Waals surface area contributed by atoms with Crippen molar-refractivity contribution in [2.75, 3.05) is 37.7 Å². The molecule has 0 amide bonds. The summed E-state index contributed by atoms with van der Waals surface area (Å²) in [6, 6.07) is 0. The quantitative estimate of drug-likeness (QED) is 0.608. The molecule has 1 N–H and O–H groups in total. The Morgan fingerprint density at radius 1 is 1.29 bits per heavy atom. The third-order valence-corrected chi connectivity index (χ3v) is 4.84. The zero-order valence-electron chi connectivity index (χ0n) is 10.7. The Bertz CT molecular complexity index is 260. The van der Waals surface area contributed by atoms with E-state index in [9.17, 15) is 0 Å². The number of hydrogen-bond donors (Lipinski definition) is 1. The first-order valence-corrected chi connectivity index (χ1v) is 7.99. The molecule has 17 heavy (non-hydrogen) atoms. The van der Waals surface area contributed by atoms with Crippen molar-refractivity contribution < 1.29 is 0 Å². The van der Waals surface area contributed by atoms with E-state index in [1.165, 1.54) is 64.0 Å². The molecule has 0 aromatic rings. The van der Waals surface area contributed by atoms with Gasteiger partial charge < -0.3 is 5.32 Å². The lowest BCUT2D eigenvalue weighted by molar-refractivity contribution is 0.104. The van der Waals surface area contributed by atoms with Crippen LogP contribution in [0.4, 0.5) is 0 Å². The minimum Gasteiger partial charge on any atom is -0.309 e. The fraction of sp³-hybridized carbons (Fsp3) is 0.857. The van der Waals surface area contributed by atoms with E-state index in [1.807, 2.05) is 11.8 Å². The second-order valence-electron chi connectivity index (χ2n) is 5.30. The van der Waals surface area contributed by atoms with Crippen LogP contribution >= 0.6 is 11.8 Å². The summed E-state index contributed by atoms with van der Waals surface area (Å²) in [6.45, 7) is 4.83. The zero-order chi connectivity index (χ0) is 12.0. The largest absolute Gasteiger partial charge is 0.309 e. The molecule has 96 valence electrons. The Hall–Kier alpha value is -0.170. The van der Waals surface area contributed by atoms with Gasteiger partial charge in [-0.1, -0.05) is 25.2 Å². The van der Waals surface area contributed by atoms with E-state index in [2.05, 4.69) is 16.1 Å². The van der Waals surface area contributed by atoms with Gasteiger partial charge in [-0.25, -0.2) is 0 Å². The highest BCUT2D eigenvalue weighted by Crippen LogP contribution is 2.30. The number of piperazine rings is 1. The van der Waals surface area contributed by atoms with E-state index in [4.69, 9.17) is 6.42 Å². The van der Waals surface area contributed by atoms with Crippen molar-refractivity contribution in [2.24, 2.45) is 0 Å². The van der Waals surface area contributed by atoms with Crippen LogP contribution < -0.4 is 5.32 Å². The normalized spacial score (nSPS) is 24.6. The molecule has 3 heteroatoms. The summed E-state index contributed by atoms with van der Waals surface area (Å²) >= 11 is 1.88. The molecule has 2 rings (SSSR count). The Morgan fingerprint density at radius 2 is 2.12 bits per heavy atom. The molecule has 0 bridgehead atoms. The fourth-order valence-electron chi connectivity index (χ4n) is 3.12. The Balaban J connectivity index is 1.74. The molecule has 0 aromatic carbocycles. The van der Waals surface area contributed by atoms with Gasteiger partial charge in [0.15, 0.2) is 0 Å². The maximum atomic E-state index is 5.27. The van der Waals surface area contributed by atoms with E-state index in [1.54, 1.807) is 0 Å². The smallest absolute Gasteiger partial charge is 0.0545 e. The molecule has 2 nitrogen and oxygen atoms in total. The highest BCUT2D eigenvalue weighted by Gasteiger charge is 2.35. The minimum atomic E-state index is 0.452. The molecule has 2 aliphatic rings. The Kier molecular flexibility index (Phi) is 5.21. The summed E-state index contributed by atoms with van der Waals surface area (Å²) in [7, 11) is 0. The van der Waals surface area contributed by atoms with Crippen molar-refractivity contribution in [3.8, 4) is 12.3 Å². The van der Waals surface area contributed by atoms with Gasteiger partial charge in [-0.2, -0.15) is 0 Å². The van der Waals surface area contributed by atoms with Gasteiger partial charge in [-0.15, -0.1) is 18.2 Å². The second-order valence-corrected chi connectivity index (χ2v) is 6.41. The van der Waals surface area contributed by atoms with Crippen LogP contribution in [-0.2, 0) is 0 Å². The predicted octanol–water partition coefficient (Wildman–Crippen LogP) is 1.96. The van der Waals surface area contributed by atoms with E-state index < -0.39 is 0 Å². The van der Waals surface area contributed by atoms with Crippen LogP contribution in [0.5, 0.6) is 0 Å². The first kappa shape index (κ1) is 13.3. The third-order valence-electron chi connectivity index (χ3n) is 4.00. The van der Waals surface area contributed by atoms with Crippen molar-refractivity contribution in [1.82, 2.24) is 10.2 Å². The highest BCUT2D eigenvalue weighted by molar-refractivity contribution is 7.99. The lowest BCUT2D eigenvalue weighted by Crippen LogP contribution is -2.61. The molecule has 1 aliphatic heterocycles. The first-order valence-electron chi connectivity index (χ1n) is 6.83. The number of nitrogens with one attached hydrogen (secondary N) is 1. The molecule has 2 fully saturated rings. The molecule has 1 aliphatic carbocycles. The van der Waals surface area contributed by atoms with E-state index in [0.717, 1.165) is 5.75 Å². The van der Waals surface area contributed by atoms with Gasteiger partial charge in [0, 0.05) is 37.5 Å². The number of terminal acetylenes is 1. The van der Waals surface area contributed by atoms with E-state index in [-0.39, 0.29) is 0 Å². The molecule has 1 saturated heterocycles. The molecule has 1 spiro atoms. The van der Waals surface area contributed by atoms with Gasteiger partial charge in [0.05, 0.1) is 5.75 Å². The second kappa shape index (κ2) is 6.68. The van der Waals surface area contributed by atoms with Crippen LogP contribution in [0.1, 0.15) is 32.1 Å². The summed E-state index contributed by atoms with van der Waals surface area (Å²) in [6.07, 6.45) is 12.3. The van der Waals surface area contributed by atoms with Crippen LogP contribution in [0.15, 0.2) is 0 Å². The van der Waals surface area contributed by atoms with Gasteiger partial charge in [0.2, 0.25) is 0 Å². The summed E-state index contributed by atoms with van der Waals surface area (Å²) < 4.78 is 0. The van der Waals surface area contributed by atoms with Crippen molar-refractivity contribution >= 4 is 11.8 Å². The average molecular weight is 252 g/mol. The van der Waals surface area contributed by atoms with Gasteiger partial charge >= 0.3 is 0 Å². The monoisotopic (exact) mass is 252 g/mol. The van der Waals surface area contributed by atoms with Crippen LogP contribution in [0, 0.1) is 12.3 Å². The molecule has 0 unspecified atom stereocenters. The molecule has 0 radical (unpaired) electrons. The topological polar surface area (TPSA) is 15.3 Å². The van der Waals surface area contributed by atoms with Crippen molar-refractivity contribution in [3.05, 3.63) is 0 Å². The average Bonchev–Trinajstić information content (AvgIpc) is 2.36. The lowest BCUT2D eigenvalue weighted by atomic mass is 9.80. The Morgan fingerprint density at radius 3 is 2.88 bits per heavy atom. The summed E-state index contributed by atoms with van der Waals surface area (Å²) in [5.41, 5.74) is 0.452. The summed E-state index contributed by atoms with van der Waals surface area (Å²) in [5, 5.41) is 3.79. The SMILES string of the molecule is C#CCSCCN1CCNC2(CCCCC2)C1. The number of nitrogens with zero attached hydrogens (tertiary/aromatic N) is 1. The van der Waals surface area contributed by atoms with Crippen LogP contribution in [0.2, 0.25) is 0 Å². The number of thioether (sulfide) groups is 1. The molecule has 1 heterocycles. The minimum absolute atomic E-state index is 0.452. The number of rotatable bonds is 4. The van der Waals surface area contributed by atoms with Gasteiger partial charge in [0.1, 0.15) is 0 Å². The van der Waals surface area contributed by atoms with Gasteiger partial charge in [-0.05, 0) is 12.8 Å². The molecule has 0 aromatic heterocycles. The van der Waals surface area contributed by atoms with Crippen molar-refractivity contribution in [2.45, 2.75) is 37.6 Å².